The average Bonchev–Trinajstić information content (AvgIpc) is 1.61. The van der Waals surface area contributed by atoms with Crippen LogP contribution in [0.15, 0.2) is 85.1 Å². The molecule has 4 heterocycles. The van der Waals surface area contributed by atoms with E-state index in [-0.39, 0.29) is 61.1 Å². The van der Waals surface area contributed by atoms with Crippen LogP contribution in [0.25, 0.3) is 0 Å². The number of carbonyl (C=O) groups is 6. The molecule has 0 radical (unpaired) electrons. The zero-order valence-electron chi connectivity index (χ0n) is 50.7. The van der Waals surface area contributed by atoms with E-state index in [1.165, 1.54) is 35.7 Å². The smallest absolute Gasteiger partial charge is 0.311 e. The first-order valence-electron chi connectivity index (χ1n) is 30.3. The van der Waals surface area contributed by atoms with Crippen molar-refractivity contribution < 1.29 is 113 Å². The first kappa shape index (κ1) is 73.8. The van der Waals surface area contributed by atoms with Gasteiger partial charge in [0.15, 0.2) is 12.1 Å². The van der Waals surface area contributed by atoms with E-state index in [0.29, 0.717) is 25.7 Å². The van der Waals surface area contributed by atoms with E-state index in [2.05, 4.69) is 0 Å². The number of esters is 3. The second-order valence-corrected chi connectivity index (χ2v) is 25.0. The van der Waals surface area contributed by atoms with Crippen LogP contribution in [0.4, 0.5) is 0 Å². The Labute approximate surface area is 518 Å². The maximum absolute atomic E-state index is 13.2. The van der Waals surface area contributed by atoms with Gasteiger partial charge in [-0.2, -0.15) is 11.8 Å². The number of carboxylic acids is 1. The van der Waals surface area contributed by atoms with Crippen molar-refractivity contribution >= 4 is 47.5 Å². The number of ether oxygens (including phenoxy) is 6. The third-order valence-electron chi connectivity index (χ3n) is 17.0. The van der Waals surface area contributed by atoms with Crippen LogP contribution in [-0.4, -0.2) is 213 Å². The molecule has 1 unspecified atom stereocenters. The molecule has 4 fully saturated rings. The van der Waals surface area contributed by atoms with Gasteiger partial charge in [0, 0.05) is 56.4 Å². The first-order valence-corrected chi connectivity index (χ1v) is 31.6. The van der Waals surface area contributed by atoms with Crippen molar-refractivity contribution in [2.45, 2.75) is 214 Å². The van der Waals surface area contributed by atoms with Gasteiger partial charge in [-0.3, -0.25) is 33.7 Å². The van der Waals surface area contributed by atoms with Gasteiger partial charge in [0.05, 0.1) is 91.2 Å². The van der Waals surface area contributed by atoms with Gasteiger partial charge in [0.25, 0.3) is 0 Å². The molecule has 0 spiro atoms. The number of fused-ring (bicyclic) bond motifs is 2. The molecule has 4 aliphatic heterocycles. The Balaban J connectivity index is 1.28. The molecule has 5 aliphatic rings. The van der Waals surface area contributed by atoms with Crippen LogP contribution < -0.4 is 0 Å². The number of cyclic esters (lactones) is 1. The molecular weight excluding hydrogens is 1170 g/mol. The highest BCUT2D eigenvalue weighted by molar-refractivity contribution is 8.00. The summed E-state index contributed by atoms with van der Waals surface area (Å²) in [7, 11) is 0. The number of carbonyl (C=O) groups excluding carboxylic acids is 5. The molecule has 2 amide bonds. The second kappa shape index (κ2) is 36.2. The highest BCUT2D eigenvalue weighted by Gasteiger charge is 2.51. The molecule has 3 saturated heterocycles. The Morgan fingerprint density at radius 2 is 1.27 bits per heavy atom. The van der Waals surface area contributed by atoms with Gasteiger partial charge >= 0.3 is 23.9 Å². The van der Waals surface area contributed by atoms with E-state index >= 15 is 0 Å². The highest BCUT2D eigenvalue weighted by Crippen LogP contribution is 2.39. The fraction of sp³-hybridized carbons (Fsp3) is 0.683. The minimum atomic E-state index is -2.43. The Morgan fingerprint density at radius 3 is 1.88 bits per heavy atom. The Kier molecular flexibility index (Phi) is 30.3. The molecule has 88 heavy (non-hydrogen) atoms. The summed E-state index contributed by atoms with van der Waals surface area (Å²) in [6.45, 7) is 6.16. The number of likely N-dealkylation sites (tertiary alicyclic amines) is 1. The monoisotopic (exact) mass is 1260 g/mol. The van der Waals surface area contributed by atoms with E-state index < -0.39 is 184 Å². The van der Waals surface area contributed by atoms with Crippen molar-refractivity contribution in [3.63, 3.8) is 0 Å². The third-order valence-corrected chi connectivity index (χ3v) is 18.0. The fourth-order valence-corrected chi connectivity index (χ4v) is 12.3. The minimum Gasteiger partial charge on any atom is -0.481 e. The third kappa shape index (κ3) is 23.1. The average molecular weight is 1260 g/mol. The molecule has 494 valence electrons. The highest BCUT2D eigenvalue weighted by atomic mass is 32.2. The quantitative estimate of drug-likeness (QED) is 0.0805. The van der Waals surface area contributed by atoms with E-state index in [1.807, 2.05) is 6.92 Å². The molecule has 2 bridgehead atoms. The van der Waals surface area contributed by atoms with Crippen LogP contribution in [0.2, 0.25) is 0 Å². The van der Waals surface area contributed by atoms with Gasteiger partial charge < -0.3 is 84.6 Å². The Morgan fingerprint density at radius 1 is 0.659 bits per heavy atom. The number of hydrogen-bond donors (Lipinski definition) is 11. The number of rotatable bonds is 11. The molecule has 24 nitrogen and oxygen atoms in total. The second-order valence-electron chi connectivity index (χ2n) is 23.9. The summed E-state index contributed by atoms with van der Waals surface area (Å²) in [5.74, 6) is -10.9. The SMILES string of the molecule is CSC1CC(=O)N(CC2CCC(C(=O)OCOC(=O)C[C@@H]3[C@H](O)[C@H](O[C@H]4/C=C/C=C/C=C/C=C/C=C/C=C/C=C/[C@H](C)[C@@H](O)[C@@H](C)[C@H](C)OC(=O)C[C@H](O)C[C@H](O)CC[C@@H](O)[C@H](O)C[C@H](O)C[C@]5(O)C[C@H](O)[C@@H](C(=O)O)[C@H](C4)O5)O[C@H](C)[C@H]3O)CC2)C1=O. The molecule has 11 N–H and O–H groups in total. The molecule has 0 aromatic heterocycles. The summed E-state index contributed by atoms with van der Waals surface area (Å²) in [6.07, 6.45) is 4.20. The Bertz CT molecular complexity index is 2480. The van der Waals surface area contributed by atoms with Gasteiger partial charge in [0.2, 0.25) is 18.6 Å². The summed E-state index contributed by atoms with van der Waals surface area (Å²) in [5.41, 5.74) is 0. The van der Waals surface area contributed by atoms with Gasteiger partial charge in [0.1, 0.15) is 18.1 Å². The summed E-state index contributed by atoms with van der Waals surface area (Å²) >= 11 is 1.34. The number of aliphatic hydroxyl groups excluding tert-OH is 9. The molecular formula is C63H93NO23S. The number of aliphatic hydroxyl groups is 10. The van der Waals surface area contributed by atoms with Gasteiger partial charge in [-0.15, -0.1) is 0 Å². The molecule has 0 aromatic rings. The minimum absolute atomic E-state index is 0.0262. The summed E-state index contributed by atoms with van der Waals surface area (Å²) < 4.78 is 34.2. The van der Waals surface area contributed by atoms with Gasteiger partial charge in [-0.25, -0.2) is 0 Å². The normalized spacial score (nSPS) is 41.1. The number of aliphatic carboxylic acids is 1. The maximum atomic E-state index is 13.2. The predicted octanol–water partition coefficient (Wildman–Crippen LogP) is 2.73. The lowest BCUT2D eigenvalue weighted by Gasteiger charge is -2.45. The van der Waals surface area contributed by atoms with Crippen LogP contribution in [0, 0.1) is 35.5 Å². The number of thioether (sulfide) groups is 1. The number of allylic oxidation sites excluding steroid dienone is 12. The standard InChI is InChI=1S/C63H93NO23S/c1-36-18-16-14-12-10-8-6-7-9-11-13-15-17-19-45(86-62-58(76)46(57(75)39(4)85-62)30-53(72)82-35-83-61(80)41-22-20-40(21-23-41)34-64-52(71)31-51(88-5)59(64)77)29-50-55(60(78)79)49(70)33-63(81,87-50)32-44(67)27-48(69)47(68)25-24-42(65)26-43(66)28-54(73)84-38(3)37(2)56(36)74/h6-19,36-51,55-58,62,65-70,74-76,81H,20-35H2,1-5H3,(H,78,79)/b7-6+,10-8+,11-9+,14-12+,15-13+,18-16+,19-17+/t36-,37-,38-,39+,40?,41?,42+,43+,44-,45-,46-,47+,48+,49-,50-,51?,55+,56+,57+,58-,62-,63+/m0/s1. The molecule has 5 rings (SSSR count). The topological polar surface area (TPSA) is 384 Å². The van der Waals surface area contributed by atoms with Gasteiger partial charge in [-0.05, 0) is 71.0 Å². The number of imide groups is 1. The van der Waals surface area contributed by atoms with Crippen molar-refractivity contribution in [3.05, 3.63) is 85.1 Å². The lowest BCUT2D eigenvalue weighted by atomic mass is 9.82. The van der Waals surface area contributed by atoms with Crippen molar-refractivity contribution in [1.82, 2.24) is 4.90 Å². The molecule has 1 aliphatic carbocycles. The number of amides is 2. The lowest BCUT2D eigenvalue weighted by molar-refractivity contribution is -0.312. The summed E-state index contributed by atoms with van der Waals surface area (Å²) in [4.78, 5) is 78.1. The number of nitrogens with zero attached hydrogens (tertiary/aromatic N) is 1. The zero-order valence-corrected chi connectivity index (χ0v) is 51.5. The number of carboxylic acid groups (broad SMARTS) is 1. The fourth-order valence-electron chi connectivity index (χ4n) is 11.7. The van der Waals surface area contributed by atoms with Crippen LogP contribution >= 0.6 is 11.8 Å². The molecule has 0 aromatic carbocycles. The lowest BCUT2D eigenvalue weighted by Crippen LogP contribution is -2.57. The van der Waals surface area contributed by atoms with Crippen LogP contribution in [0.5, 0.6) is 0 Å². The van der Waals surface area contributed by atoms with Crippen molar-refractivity contribution in [2.75, 3.05) is 19.6 Å². The van der Waals surface area contributed by atoms with Crippen LogP contribution in [0.1, 0.15) is 118 Å². The summed E-state index contributed by atoms with van der Waals surface area (Å²) in [6, 6.07) is 0. The number of hydrogen-bond acceptors (Lipinski definition) is 23. The predicted molar refractivity (Wildman–Crippen MR) is 318 cm³/mol. The van der Waals surface area contributed by atoms with E-state index in [4.69, 9.17) is 28.4 Å². The molecule has 25 heteroatoms. The maximum Gasteiger partial charge on any atom is 0.311 e. The van der Waals surface area contributed by atoms with E-state index in [9.17, 15) is 84.9 Å². The van der Waals surface area contributed by atoms with Crippen molar-refractivity contribution in [3.8, 4) is 0 Å². The van der Waals surface area contributed by atoms with Gasteiger partial charge in [-0.1, -0.05) is 98.9 Å². The molecule has 1 saturated carbocycles. The van der Waals surface area contributed by atoms with Crippen molar-refractivity contribution in [1.29, 1.82) is 0 Å². The largest absolute Gasteiger partial charge is 0.481 e. The van der Waals surface area contributed by atoms with E-state index in [0.717, 1.165) is 0 Å². The summed E-state index contributed by atoms with van der Waals surface area (Å²) in [5, 5.41) is 121. The van der Waals surface area contributed by atoms with Crippen LogP contribution in [-0.2, 0) is 57.2 Å². The first-order chi connectivity index (χ1) is 41.7. The molecule has 20 atom stereocenters. The Hall–Kier alpha value is -4.97. The van der Waals surface area contributed by atoms with Crippen molar-refractivity contribution in [2.24, 2.45) is 35.5 Å². The van der Waals surface area contributed by atoms with Crippen LogP contribution in [0.3, 0.4) is 0 Å². The zero-order chi connectivity index (χ0) is 64.8. The van der Waals surface area contributed by atoms with E-state index in [1.54, 1.807) is 93.0 Å².